The van der Waals surface area contributed by atoms with Gasteiger partial charge in [0, 0.05) is 15.6 Å². The molecule has 0 aliphatic rings. The van der Waals surface area contributed by atoms with E-state index >= 15 is 0 Å². The molecule has 0 aliphatic carbocycles. The van der Waals surface area contributed by atoms with E-state index in [1.807, 2.05) is 0 Å². The second-order valence-corrected chi connectivity index (χ2v) is 5.97. The van der Waals surface area contributed by atoms with Crippen LogP contribution in [0, 0.1) is 11.3 Å². The molecule has 0 saturated heterocycles. The number of hydrogen-bond donors (Lipinski definition) is 1. The maximum absolute atomic E-state index is 11.9. The highest BCUT2D eigenvalue weighted by molar-refractivity contribution is 9.10. The third-order valence-electron chi connectivity index (χ3n) is 3.30. The molecule has 6 nitrogen and oxygen atoms in total. The number of halogens is 1. The summed E-state index contributed by atoms with van der Waals surface area (Å²) in [7, 11) is 0. The fraction of sp³-hybridized carbons (Fsp3) is 0.111. The molecule has 0 aliphatic heterocycles. The highest BCUT2D eigenvalue weighted by Gasteiger charge is 2.18. The summed E-state index contributed by atoms with van der Waals surface area (Å²) in [4.78, 5) is 33.6. The van der Waals surface area contributed by atoms with E-state index < -0.39 is 24.0 Å². The molecule has 2 rings (SSSR count). The van der Waals surface area contributed by atoms with E-state index in [2.05, 4.69) is 22.0 Å². The van der Waals surface area contributed by atoms with E-state index in [0.717, 1.165) is 4.47 Å². The first-order valence-corrected chi connectivity index (χ1v) is 7.90. The zero-order valence-corrected chi connectivity index (χ0v) is 14.4. The van der Waals surface area contributed by atoms with Crippen molar-refractivity contribution in [3.05, 3.63) is 63.6 Å². The summed E-state index contributed by atoms with van der Waals surface area (Å²) in [5.41, 5.74) is 1.33. The molecule has 0 saturated carbocycles. The normalized spacial score (nSPS) is 9.92. The van der Waals surface area contributed by atoms with Crippen LogP contribution in [0.3, 0.4) is 0 Å². The van der Waals surface area contributed by atoms with Gasteiger partial charge in [0.25, 0.3) is 0 Å². The Labute approximate surface area is 151 Å². The summed E-state index contributed by atoms with van der Waals surface area (Å²) in [5, 5.41) is 17.7. The molecule has 0 unspecified atom stereocenters. The summed E-state index contributed by atoms with van der Waals surface area (Å²) in [6.07, 6.45) is -0.705. The van der Waals surface area contributed by atoms with Crippen molar-refractivity contribution in [1.82, 2.24) is 0 Å². The summed E-state index contributed by atoms with van der Waals surface area (Å²) in [5.74, 6) is -3.03. The molecule has 25 heavy (non-hydrogen) atoms. The van der Waals surface area contributed by atoms with Crippen LogP contribution >= 0.6 is 15.9 Å². The smallest absolute Gasteiger partial charge is 0.372 e. The Balaban J connectivity index is 2.11. The van der Waals surface area contributed by atoms with E-state index in [0.29, 0.717) is 16.9 Å². The van der Waals surface area contributed by atoms with Gasteiger partial charge in [-0.3, -0.25) is 9.59 Å². The lowest BCUT2D eigenvalue weighted by molar-refractivity contribution is -0.148. The molecule has 0 fully saturated rings. The zero-order valence-electron chi connectivity index (χ0n) is 12.9. The van der Waals surface area contributed by atoms with Gasteiger partial charge in [-0.2, -0.15) is 5.26 Å². The number of carbonyl (C=O) groups is 3. The molecule has 0 aromatic heterocycles. The van der Waals surface area contributed by atoms with Gasteiger partial charge >= 0.3 is 5.97 Å². The molecule has 2 aromatic rings. The Morgan fingerprint density at radius 2 is 1.92 bits per heavy atom. The summed E-state index contributed by atoms with van der Waals surface area (Å²) in [6.45, 7) is 0.119. The molecule has 2 aromatic carbocycles. The molecule has 0 atom stereocenters. The first-order valence-electron chi connectivity index (χ1n) is 7.11. The molecule has 0 heterocycles. The third-order valence-corrected chi connectivity index (χ3v) is 3.79. The lowest BCUT2D eigenvalue weighted by Gasteiger charge is -2.09. The fourth-order valence-electron chi connectivity index (χ4n) is 2.03. The van der Waals surface area contributed by atoms with Gasteiger partial charge in [-0.25, -0.2) is 4.79 Å². The molecular weight excluding hydrogens is 390 g/mol. The number of ether oxygens (including phenoxy) is 1. The minimum absolute atomic E-state index is 0.119. The largest absolute Gasteiger partial charge is 0.489 e. The Morgan fingerprint density at radius 3 is 2.60 bits per heavy atom. The SMILES string of the molecule is N#Cc1ccc(Br)cc1COc1cccc(C(=O)CC(=O)C(=O)O)c1. The molecule has 0 amide bonds. The van der Waals surface area contributed by atoms with Crippen LogP contribution in [0.2, 0.25) is 0 Å². The molecule has 0 bridgehead atoms. The number of ketones is 2. The van der Waals surface area contributed by atoms with E-state index in [1.54, 1.807) is 30.3 Å². The van der Waals surface area contributed by atoms with Crippen LogP contribution in [-0.4, -0.2) is 22.6 Å². The number of Topliss-reactive ketones (excluding diaryl/α,β-unsaturated/α-hetero) is 2. The van der Waals surface area contributed by atoms with Crippen LogP contribution in [0.15, 0.2) is 46.9 Å². The van der Waals surface area contributed by atoms with Gasteiger partial charge in [0.2, 0.25) is 5.78 Å². The number of hydrogen-bond acceptors (Lipinski definition) is 5. The Morgan fingerprint density at radius 1 is 1.16 bits per heavy atom. The number of carboxylic acids is 1. The molecule has 0 radical (unpaired) electrons. The van der Waals surface area contributed by atoms with Gasteiger partial charge in [0.05, 0.1) is 18.1 Å². The van der Waals surface area contributed by atoms with Gasteiger partial charge in [0.1, 0.15) is 12.4 Å². The van der Waals surface area contributed by atoms with E-state index in [-0.39, 0.29) is 12.2 Å². The van der Waals surface area contributed by atoms with Crippen molar-refractivity contribution in [3.8, 4) is 11.8 Å². The van der Waals surface area contributed by atoms with Gasteiger partial charge in [0.15, 0.2) is 5.78 Å². The third kappa shape index (κ3) is 4.99. The summed E-state index contributed by atoms with van der Waals surface area (Å²) >= 11 is 3.33. The number of benzene rings is 2. The highest BCUT2D eigenvalue weighted by atomic mass is 79.9. The number of nitriles is 1. The molecule has 126 valence electrons. The Hall–Kier alpha value is -2.98. The van der Waals surface area contributed by atoms with Gasteiger partial charge in [-0.1, -0.05) is 28.1 Å². The topological polar surface area (TPSA) is 104 Å². The van der Waals surface area contributed by atoms with Gasteiger partial charge < -0.3 is 9.84 Å². The number of aliphatic carboxylic acids is 1. The van der Waals surface area contributed by atoms with Crippen LogP contribution in [-0.2, 0) is 16.2 Å². The van der Waals surface area contributed by atoms with Crippen molar-refractivity contribution in [2.45, 2.75) is 13.0 Å². The van der Waals surface area contributed by atoms with Gasteiger partial charge in [-0.05, 0) is 30.3 Å². The standard InChI is InChI=1S/C18H12BrNO5/c19-14-5-4-12(9-20)13(6-14)10-25-15-3-1-2-11(7-15)16(21)8-17(22)18(23)24/h1-7H,8,10H2,(H,23,24). The van der Waals surface area contributed by atoms with Crippen molar-refractivity contribution in [2.24, 2.45) is 0 Å². The van der Waals surface area contributed by atoms with Crippen LogP contribution in [0.1, 0.15) is 27.9 Å². The molecule has 1 N–H and O–H groups in total. The van der Waals surface area contributed by atoms with Crippen molar-refractivity contribution in [3.63, 3.8) is 0 Å². The maximum Gasteiger partial charge on any atom is 0.372 e. The second-order valence-electron chi connectivity index (χ2n) is 5.06. The quantitative estimate of drug-likeness (QED) is 0.434. The fourth-order valence-corrected chi connectivity index (χ4v) is 2.44. The minimum atomic E-state index is -1.64. The molecular formula is C18H12BrNO5. The minimum Gasteiger partial charge on any atom is -0.489 e. The van der Waals surface area contributed by atoms with Crippen molar-refractivity contribution in [2.75, 3.05) is 0 Å². The first kappa shape index (κ1) is 18.4. The van der Waals surface area contributed by atoms with Gasteiger partial charge in [-0.15, -0.1) is 0 Å². The van der Waals surface area contributed by atoms with Crippen LogP contribution in [0.25, 0.3) is 0 Å². The predicted octanol–water partition coefficient (Wildman–Crippen LogP) is 3.13. The van der Waals surface area contributed by atoms with Crippen molar-refractivity contribution >= 4 is 33.5 Å². The Bertz CT molecular complexity index is 885. The van der Waals surface area contributed by atoms with Crippen molar-refractivity contribution in [1.29, 1.82) is 5.26 Å². The summed E-state index contributed by atoms with van der Waals surface area (Å²) < 4.78 is 6.41. The number of nitrogens with zero attached hydrogens (tertiary/aromatic N) is 1. The van der Waals surface area contributed by atoms with E-state index in [1.165, 1.54) is 12.1 Å². The first-order chi connectivity index (χ1) is 11.9. The Kier molecular flexibility index (Phi) is 6.03. The van der Waals surface area contributed by atoms with E-state index in [4.69, 9.17) is 15.1 Å². The van der Waals surface area contributed by atoms with Crippen LogP contribution < -0.4 is 4.74 Å². The zero-order chi connectivity index (χ0) is 18.4. The van der Waals surface area contributed by atoms with Crippen LogP contribution in [0.5, 0.6) is 5.75 Å². The van der Waals surface area contributed by atoms with Crippen molar-refractivity contribution < 1.29 is 24.2 Å². The number of carbonyl (C=O) groups excluding carboxylic acids is 2. The summed E-state index contributed by atoms with van der Waals surface area (Å²) in [6, 6.07) is 13.4. The monoisotopic (exact) mass is 401 g/mol. The maximum atomic E-state index is 11.9. The number of carboxylic acid groups (broad SMARTS) is 1. The second kappa shape index (κ2) is 8.22. The lowest BCUT2D eigenvalue weighted by atomic mass is 10.1. The number of rotatable bonds is 7. The average Bonchev–Trinajstić information content (AvgIpc) is 2.60. The highest BCUT2D eigenvalue weighted by Crippen LogP contribution is 2.20. The van der Waals surface area contributed by atoms with E-state index in [9.17, 15) is 14.4 Å². The lowest BCUT2D eigenvalue weighted by Crippen LogP contribution is -2.17. The van der Waals surface area contributed by atoms with Crippen LogP contribution in [0.4, 0.5) is 0 Å². The predicted molar refractivity (Wildman–Crippen MR) is 91.2 cm³/mol. The average molecular weight is 402 g/mol. The molecule has 7 heteroatoms. The molecule has 0 spiro atoms.